The van der Waals surface area contributed by atoms with E-state index in [0.29, 0.717) is 23.8 Å². The number of nitrogens with one attached hydrogen (secondary N) is 1. The maximum Gasteiger partial charge on any atom is 0.231 e. The van der Waals surface area contributed by atoms with Crippen LogP contribution in [0.25, 0.3) is 0 Å². The average molecular weight is 408 g/mol. The topological polar surface area (TPSA) is 84.4 Å². The minimum absolute atomic E-state index is 0.0829. The number of rotatable bonds is 6. The Kier molecular flexibility index (Phi) is 5.53. The molecule has 0 spiro atoms. The lowest BCUT2D eigenvalue weighted by molar-refractivity contribution is -0.122. The van der Waals surface area contributed by atoms with Crippen molar-refractivity contribution in [2.45, 2.75) is 12.8 Å². The molecule has 1 N–H and O–H groups in total. The number of methoxy groups -OCH3 is 1. The van der Waals surface area contributed by atoms with Gasteiger partial charge >= 0.3 is 0 Å². The summed E-state index contributed by atoms with van der Waals surface area (Å²) in [5.74, 6) is -0.0650. The van der Waals surface area contributed by atoms with Crippen molar-refractivity contribution in [1.29, 1.82) is 0 Å². The lowest BCUT2D eigenvalue weighted by Gasteiger charge is -2.17. The number of hydrogen-bond donors (Lipinski definition) is 1. The number of benzene rings is 2. The van der Waals surface area contributed by atoms with E-state index < -0.39 is 5.92 Å². The lowest BCUT2D eigenvalue weighted by Crippen LogP contribution is -2.28. The molecule has 4 rings (SSSR count). The van der Waals surface area contributed by atoms with E-state index >= 15 is 0 Å². The minimum Gasteiger partial charge on any atom is -0.497 e. The molecule has 2 heterocycles. The number of nitrogens with zero attached hydrogens (tertiary/aromatic N) is 3. The zero-order valence-electron chi connectivity index (χ0n) is 15.9. The summed E-state index contributed by atoms with van der Waals surface area (Å²) in [4.78, 5) is 26.7. The third-order valence-electron chi connectivity index (χ3n) is 4.76. The number of carbonyl (C=O) groups is 2. The zero-order valence-corrected chi connectivity index (χ0v) is 16.7. The molecule has 1 saturated heterocycles. The second-order valence-electron chi connectivity index (χ2n) is 6.76. The van der Waals surface area contributed by atoms with E-state index in [1.807, 2.05) is 48.5 Å². The van der Waals surface area contributed by atoms with Crippen molar-refractivity contribution in [2.75, 3.05) is 23.9 Å². The summed E-state index contributed by atoms with van der Waals surface area (Å²) in [7, 11) is 1.58. The molecule has 2 aromatic carbocycles. The predicted octanol–water partition coefficient (Wildman–Crippen LogP) is 3.13. The molecule has 1 atom stereocenters. The molecule has 148 valence electrons. The van der Waals surface area contributed by atoms with Crippen LogP contribution in [0.2, 0.25) is 0 Å². The maximum atomic E-state index is 12.7. The highest BCUT2D eigenvalue weighted by atomic mass is 32.1. The van der Waals surface area contributed by atoms with Crippen LogP contribution >= 0.6 is 11.3 Å². The van der Waals surface area contributed by atoms with Crippen LogP contribution in [0.15, 0.2) is 54.6 Å². The van der Waals surface area contributed by atoms with Gasteiger partial charge in [-0.1, -0.05) is 47.7 Å². The Morgan fingerprint density at radius 1 is 1.21 bits per heavy atom. The van der Waals surface area contributed by atoms with Crippen LogP contribution in [0, 0.1) is 5.92 Å². The van der Waals surface area contributed by atoms with Crippen molar-refractivity contribution in [3.63, 3.8) is 0 Å². The first kappa shape index (κ1) is 19.1. The van der Waals surface area contributed by atoms with Crippen LogP contribution in [-0.2, 0) is 16.0 Å². The first-order valence-corrected chi connectivity index (χ1v) is 10.1. The number of hydrogen-bond acceptors (Lipinski definition) is 6. The van der Waals surface area contributed by atoms with Gasteiger partial charge in [0.1, 0.15) is 10.8 Å². The van der Waals surface area contributed by atoms with Crippen LogP contribution in [0.4, 0.5) is 10.8 Å². The average Bonchev–Trinajstić information content (AvgIpc) is 3.35. The molecular formula is C21H20N4O3S. The maximum absolute atomic E-state index is 12.7. The van der Waals surface area contributed by atoms with Crippen LogP contribution in [0.1, 0.15) is 17.0 Å². The molecule has 1 fully saturated rings. The molecule has 1 aliphatic rings. The second-order valence-corrected chi connectivity index (χ2v) is 7.82. The van der Waals surface area contributed by atoms with Gasteiger partial charge in [0.25, 0.3) is 0 Å². The van der Waals surface area contributed by atoms with Crippen molar-refractivity contribution < 1.29 is 14.3 Å². The summed E-state index contributed by atoms with van der Waals surface area (Å²) in [5, 5.41) is 12.3. The molecule has 2 amide bonds. The number of ether oxygens (including phenoxy) is 1. The molecule has 8 heteroatoms. The summed E-state index contributed by atoms with van der Waals surface area (Å²) in [6.45, 7) is 0.327. The first-order valence-electron chi connectivity index (χ1n) is 9.24. The van der Waals surface area contributed by atoms with Gasteiger partial charge < -0.3 is 15.0 Å². The quantitative estimate of drug-likeness (QED) is 0.677. The van der Waals surface area contributed by atoms with E-state index in [-0.39, 0.29) is 18.2 Å². The van der Waals surface area contributed by atoms with Crippen molar-refractivity contribution in [3.8, 4) is 5.75 Å². The standard InChI is InChI=1S/C21H20N4O3S/c1-28-17-9-5-8-16(12-17)25-13-15(11-19(25)26)20(27)22-21-24-23-18(29-21)10-14-6-3-2-4-7-14/h2-9,12,15H,10-11,13H2,1H3,(H,22,24,27)/t15-/m1/s1. The fraction of sp³-hybridized carbons (Fsp3) is 0.238. The number of carbonyl (C=O) groups excluding carboxylic acids is 2. The van der Waals surface area contributed by atoms with Gasteiger partial charge in [-0.3, -0.25) is 9.59 Å². The van der Waals surface area contributed by atoms with Crippen molar-refractivity contribution >= 4 is 34.0 Å². The van der Waals surface area contributed by atoms with Crippen LogP contribution in [-0.4, -0.2) is 35.7 Å². The van der Waals surface area contributed by atoms with Crippen molar-refractivity contribution in [3.05, 3.63) is 65.2 Å². The number of amides is 2. The van der Waals surface area contributed by atoms with Crippen molar-refractivity contribution in [1.82, 2.24) is 10.2 Å². The normalized spacial score (nSPS) is 16.1. The summed E-state index contributed by atoms with van der Waals surface area (Å²) in [5.41, 5.74) is 1.86. The highest BCUT2D eigenvalue weighted by molar-refractivity contribution is 7.15. The Bertz CT molecular complexity index is 1020. The molecular weight excluding hydrogens is 388 g/mol. The molecule has 0 radical (unpaired) electrons. The summed E-state index contributed by atoms with van der Waals surface area (Å²) >= 11 is 1.35. The van der Waals surface area contributed by atoms with E-state index in [1.54, 1.807) is 18.1 Å². The van der Waals surface area contributed by atoms with E-state index in [9.17, 15) is 9.59 Å². The Morgan fingerprint density at radius 3 is 2.83 bits per heavy atom. The summed E-state index contributed by atoms with van der Waals surface area (Å²) in [6.07, 6.45) is 0.832. The van der Waals surface area contributed by atoms with Crippen LogP contribution in [0.5, 0.6) is 5.75 Å². The molecule has 1 aliphatic heterocycles. The van der Waals surface area contributed by atoms with Gasteiger partial charge in [0.05, 0.1) is 13.0 Å². The highest BCUT2D eigenvalue weighted by Gasteiger charge is 2.35. The summed E-state index contributed by atoms with van der Waals surface area (Å²) in [6, 6.07) is 17.2. The molecule has 0 bridgehead atoms. The van der Waals surface area contributed by atoms with Crippen molar-refractivity contribution in [2.24, 2.45) is 5.92 Å². The molecule has 3 aromatic rings. The summed E-state index contributed by atoms with van der Waals surface area (Å²) < 4.78 is 5.22. The van der Waals surface area contributed by atoms with Crippen LogP contribution in [0.3, 0.4) is 0 Å². The van der Waals surface area contributed by atoms with Gasteiger partial charge in [-0.25, -0.2) is 0 Å². The van der Waals surface area contributed by atoms with Gasteiger partial charge in [0.2, 0.25) is 16.9 Å². The zero-order chi connectivity index (χ0) is 20.2. The fourth-order valence-corrected chi connectivity index (χ4v) is 4.04. The molecule has 0 unspecified atom stereocenters. The fourth-order valence-electron chi connectivity index (χ4n) is 3.26. The molecule has 1 aromatic heterocycles. The van der Waals surface area contributed by atoms with E-state index in [4.69, 9.17) is 4.74 Å². The third kappa shape index (κ3) is 4.43. The molecule has 7 nitrogen and oxygen atoms in total. The van der Waals surface area contributed by atoms with Gasteiger partial charge in [-0.15, -0.1) is 10.2 Å². The van der Waals surface area contributed by atoms with Gasteiger partial charge in [-0.05, 0) is 17.7 Å². The smallest absolute Gasteiger partial charge is 0.231 e. The Hall–Kier alpha value is -3.26. The third-order valence-corrected chi connectivity index (χ3v) is 5.59. The van der Waals surface area contributed by atoms with E-state index in [0.717, 1.165) is 16.3 Å². The van der Waals surface area contributed by atoms with E-state index in [2.05, 4.69) is 15.5 Å². The van der Waals surface area contributed by atoms with Crippen LogP contribution < -0.4 is 15.0 Å². The molecule has 0 saturated carbocycles. The van der Waals surface area contributed by atoms with Gasteiger partial charge in [-0.2, -0.15) is 0 Å². The highest BCUT2D eigenvalue weighted by Crippen LogP contribution is 2.29. The molecule has 29 heavy (non-hydrogen) atoms. The van der Waals surface area contributed by atoms with E-state index in [1.165, 1.54) is 11.3 Å². The monoisotopic (exact) mass is 408 g/mol. The Balaban J connectivity index is 1.38. The number of anilines is 2. The minimum atomic E-state index is -0.435. The Labute approximate surface area is 172 Å². The Morgan fingerprint density at radius 2 is 2.03 bits per heavy atom. The van der Waals surface area contributed by atoms with Gasteiger partial charge in [0, 0.05) is 31.1 Å². The lowest BCUT2D eigenvalue weighted by atomic mass is 10.1. The SMILES string of the molecule is COc1cccc(N2C[C@H](C(=O)Nc3nnc(Cc4ccccc4)s3)CC2=O)c1. The predicted molar refractivity (Wildman–Crippen MR) is 111 cm³/mol. The second kappa shape index (κ2) is 8.40. The number of aromatic nitrogens is 2. The largest absolute Gasteiger partial charge is 0.497 e. The van der Waals surface area contributed by atoms with Gasteiger partial charge in [0.15, 0.2) is 0 Å². The first-order chi connectivity index (χ1) is 14.1. The molecule has 0 aliphatic carbocycles.